The average molecular weight is 300 g/mol. The predicted molar refractivity (Wildman–Crippen MR) is 84.1 cm³/mol. The first-order chi connectivity index (χ1) is 9.13. The zero-order valence-corrected chi connectivity index (χ0v) is 13.3. The van der Waals surface area contributed by atoms with Crippen LogP contribution >= 0.6 is 23.2 Å². The molecule has 2 rings (SSSR count). The highest BCUT2D eigenvalue weighted by Gasteiger charge is 2.32. The standard InChI is InChI=1S/C16H23Cl2N/c1-3-9-19-16-8-7-12(11(16)2)10-13-14(17)5-4-6-15(13)18/h4-6,11-12,16,19H,3,7-10H2,1-2H3. The number of halogens is 2. The molecule has 0 spiro atoms. The minimum atomic E-state index is 0.659. The van der Waals surface area contributed by atoms with E-state index in [9.17, 15) is 0 Å². The normalized spacial score (nSPS) is 26.8. The van der Waals surface area contributed by atoms with Crippen molar-refractivity contribution in [1.82, 2.24) is 5.32 Å². The fourth-order valence-electron chi connectivity index (χ4n) is 3.14. The van der Waals surface area contributed by atoms with Crippen LogP contribution in [0.25, 0.3) is 0 Å². The van der Waals surface area contributed by atoms with Gasteiger partial charge in [-0.25, -0.2) is 0 Å². The molecule has 1 aromatic rings. The smallest absolute Gasteiger partial charge is 0.0452 e. The SMILES string of the molecule is CCCNC1CCC(Cc2c(Cl)cccc2Cl)C1C. The Labute approximate surface area is 126 Å². The first kappa shape index (κ1) is 15.2. The summed E-state index contributed by atoms with van der Waals surface area (Å²) in [5.74, 6) is 1.38. The molecule has 1 fully saturated rings. The highest BCUT2D eigenvalue weighted by atomic mass is 35.5. The number of hydrogen-bond donors (Lipinski definition) is 1. The molecule has 0 heterocycles. The molecule has 1 N–H and O–H groups in total. The molecular weight excluding hydrogens is 277 g/mol. The molecule has 1 saturated carbocycles. The van der Waals surface area contributed by atoms with Gasteiger partial charge in [-0.1, -0.05) is 43.1 Å². The summed E-state index contributed by atoms with van der Waals surface area (Å²) in [4.78, 5) is 0. The third-order valence-corrected chi connectivity index (χ3v) is 5.12. The Balaban J connectivity index is 2.00. The second kappa shape index (κ2) is 6.97. The Hall–Kier alpha value is -0.240. The molecule has 0 radical (unpaired) electrons. The highest BCUT2D eigenvalue weighted by Crippen LogP contribution is 2.37. The van der Waals surface area contributed by atoms with Gasteiger partial charge >= 0.3 is 0 Å². The maximum atomic E-state index is 6.28. The molecule has 1 nitrogen and oxygen atoms in total. The molecule has 0 amide bonds. The van der Waals surface area contributed by atoms with Crippen LogP contribution in [0, 0.1) is 11.8 Å². The van der Waals surface area contributed by atoms with Crippen LogP contribution in [-0.2, 0) is 6.42 Å². The molecule has 1 aromatic carbocycles. The third kappa shape index (κ3) is 3.65. The second-order valence-electron chi connectivity index (χ2n) is 5.66. The number of benzene rings is 1. The van der Waals surface area contributed by atoms with E-state index in [-0.39, 0.29) is 0 Å². The fourth-order valence-corrected chi connectivity index (χ4v) is 3.69. The van der Waals surface area contributed by atoms with Crippen LogP contribution in [0.3, 0.4) is 0 Å². The number of hydrogen-bond acceptors (Lipinski definition) is 1. The molecule has 3 heteroatoms. The van der Waals surface area contributed by atoms with Crippen molar-refractivity contribution in [2.75, 3.05) is 6.54 Å². The lowest BCUT2D eigenvalue weighted by atomic mass is 9.89. The van der Waals surface area contributed by atoms with Crippen molar-refractivity contribution in [1.29, 1.82) is 0 Å². The highest BCUT2D eigenvalue weighted by molar-refractivity contribution is 6.35. The van der Waals surface area contributed by atoms with Crippen molar-refractivity contribution in [3.05, 3.63) is 33.8 Å². The molecular formula is C16H23Cl2N. The molecule has 0 saturated heterocycles. The van der Waals surface area contributed by atoms with Gasteiger partial charge in [-0.3, -0.25) is 0 Å². The molecule has 19 heavy (non-hydrogen) atoms. The molecule has 3 unspecified atom stereocenters. The topological polar surface area (TPSA) is 12.0 Å². The van der Waals surface area contributed by atoms with E-state index in [0.717, 1.165) is 28.6 Å². The summed E-state index contributed by atoms with van der Waals surface area (Å²) in [6.07, 6.45) is 4.74. The molecule has 0 bridgehead atoms. The molecule has 106 valence electrons. The summed E-state index contributed by atoms with van der Waals surface area (Å²) in [5, 5.41) is 5.28. The van der Waals surface area contributed by atoms with Crippen LogP contribution in [0.4, 0.5) is 0 Å². The van der Waals surface area contributed by atoms with Gasteiger partial charge in [0.2, 0.25) is 0 Å². The summed E-state index contributed by atoms with van der Waals surface area (Å²) in [6.45, 7) is 5.69. The molecule has 1 aliphatic carbocycles. The Morgan fingerprint density at radius 3 is 2.53 bits per heavy atom. The minimum Gasteiger partial charge on any atom is -0.314 e. The van der Waals surface area contributed by atoms with Gasteiger partial charge in [0.25, 0.3) is 0 Å². The maximum absolute atomic E-state index is 6.28. The van der Waals surface area contributed by atoms with Crippen molar-refractivity contribution in [2.45, 2.75) is 45.6 Å². The van der Waals surface area contributed by atoms with E-state index in [0.29, 0.717) is 17.9 Å². The largest absolute Gasteiger partial charge is 0.314 e. The van der Waals surface area contributed by atoms with E-state index in [1.165, 1.54) is 19.3 Å². The van der Waals surface area contributed by atoms with E-state index in [1.54, 1.807) is 0 Å². The van der Waals surface area contributed by atoms with E-state index in [1.807, 2.05) is 18.2 Å². The van der Waals surface area contributed by atoms with Crippen molar-refractivity contribution in [3.63, 3.8) is 0 Å². The summed E-state index contributed by atoms with van der Waals surface area (Å²) in [5.41, 5.74) is 1.12. The quantitative estimate of drug-likeness (QED) is 0.811. The second-order valence-corrected chi connectivity index (χ2v) is 6.48. The van der Waals surface area contributed by atoms with Crippen molar-refractivity contribution in [3.8, 4) is 0 Å². The first-order valence-electron chi connectivity index (χ1n) is 7.29. The molecule has 0 aliphatic heterocycles. The zero-order valence-electron chi connectivity index (χ0n) is 11.8. The van der Waals surface area contributed by atoms with Gasteiger partial charge in [-0.05, 0) is 61.8 Å². The van der Waals surface area contributed by atoms with Gasteiger partial charge in [0.15, 0.2) is 0 Å². The predicted octanol–water partition coefficient (Wildman–Crippen LogP) is 4.95. The average Bonchev–Trinajstić information content (AvgIpc) is 2.73. The summed E-state index contributed by atoms with van der Waals surface area (Å²) in [7, 11) is 0. The van der Waals surface area contributed by atoms with Gasteiger partial charge in [-0.15, -0.1) is 0 Å². The van der Waals surface area contributed by atoms with Gasteiger partial charge < -0.3 is 5.32 Å². The maximum Gasteiger partial charge on any atom is 0.0452 e. The molecule has 0 aromatic heterocycles. The zero-order chi connectivity index (χ0) is 13.8. The monoisotopic (exact) mass is 299 g/mol. The van der Waals surface area contributed by atoms with Crippen LogP contribution in [-0.4, -0.2) is 12.6 Å². The molecule has 1 aliphatic rings. The van der Waals surface area contributed by atoms with Gasteiger partial charge in [0.05, 0.1) is 0 Å². The Morgan fingerprint density at radius 1 is 1.21 bits per heavy atom. The Bertz CT molecular complexity index is 399. The van der Waals surface area contributed by atoms with Crippen LogP contribution in [0.5, 0.6) is 0 Å². The Kier molecular flexibility index (Phi) is 5.56. The number of rotatable bonds is 5. The van der Waals surface area contributed by atoms with Crippen molar-refractivity contribution >= 4 is 23.2 Å². The van der Waals surface area contributed by atoms with E-state index in [2.05, 4.69) is 19.2 Å². The van der Waals surface area contributed by atoms with Crippen LogP contribution in [0.15, 0.2) is 18.2 Å². The van der Waals surface area contributed by atoms with Crippen molar-refractivity contribution in [2.24, 2.45) is 11.8 Å². The van der Waals surface area contributed by atoms with Crippen LogP contribution < -0.4 is 5.32 Å². The number of nitrogens with one attached hydrogen (secondary N) is 1. The minimum absolute atomic E-state index is 0.659. The van der Waals surface area contributed by atoms with Crippen molar-refractivity contribution < 1.29 is 0 Å². The lowest BCUT2D eigenvalue weighted by Gasteiger charge is -2.22. The summed E-state index contributed by atoms with van der Waals surface area (Å²) < 4.78 is 0. The first-order valence-corrected chi connectivity index (χ1v) is 8.05. The van der Waals surface area contributed by atoms with E-state index >= 15 is 0 Å². The van der Waals surface area contributed by atoms with Gasteiger partial charge in [-0.2, -0.15) is 0 Å². The van der Waals surface area contributed by atoms with Gasteiger partial charge in [0, 0.05) is 16.1 Å². The summed E-state index contributed by atoms with van der Waals surface area (Å²) >= 11 is 12.6. The Morgan fingerprint density at radius 2 is 1.89 bits per heavy atom. The molecule has 3 atom stereocenters. The van der Waals surface area contributed by atoms with E-state index < -0.39 is 0 Å². The third-order valence-electron chi connectivity index (χ3n) is 4.41. The summed E-state index contributed by atoms with van der Waals surface area (Å²) in [6, 6.07) is 6.45. The van der Waals surface area contributed by atoms with E-state index in [4.69, 9.17) is 23.2 Å². The lowest BCUT2D eigenvalue weighted by Crippen LogP contribution is -2.33. The lowest BCUT2D eigenvalue weighted by molar-refractivity contribution is 0.351. The van der Waals surface area contributed by atoms with Crippen LogP contribution in [0.2, 0.25) is 10.0 Å². The fraction of sp³-hybridized carbons (Fsp3) is 0.625. The van der Waals surface area contributed by atoms with Gasteiger partial charge in [0.1, 0.15) is 0 Å². The van der Waals surface area contributed by atoms with Crippen LogP contribution in [0.1, 0.15) is 38.7 Å².